The number of nitrogens with two attached hydrogens (primary N) is 1. The summed E-state index contributed by atoms with van der Waals surface area (Å²) in [5, 5.41) is 31.6. The fourth-order valence-electron chi connectivity index (χ4n) is 9.81. The fraction of sp³-hybridized carbons (Fsp3) is 0.500. The Hall–Kier alpha value is -3.14. The third-order valence-electron chi connectivity index (χ3n) is 11.9. The summed E-state index contributed by atoms with van der Waals surface area (Å²) in [5.74, 6) is -0.332. The summed E-state index contributed by atoms with van der Waals surface area (Å²) in [6.07, 6.45) is 6.40. The Balaban J connectivity index is 1.17. The van der Waals surface area contributed by atoms with Gasteiger partial charge in [-0.25, -0.2) is 0 Å². The zero-order valence-corrected chi connectivity index (χ0v) is 25.2. The molecule has 0 radical (unpaired) electrons. The van der Waals surface area contributed by atoms with Crippen LogP contribution in [0, 0.1) is 28.6 Å². The van der Waals surface area contributed by atoms with E-state index in [0.717, 1.165) is 35.1 Å². The third-order valence-corrected chi connectivity index (χ3v) is 11.9. The van der Waals surface area contributed by atoms with Crippen LogP contribution < -0.4 is 5.73 Å². The lowest BCUT2D eigenvalue weighted by Crippen LogP contribution is -2.63. The van der Waals surface area contributed by atoms with Crippen molar-refractivity contribution in [2.75, 3.05) is 12.3 Å². The van der Waals surface area contributed by atoms with E-state index in [1.54, 1.807) is 12.2 Å². The molecule has 0 unspecified atom stereocenters. The molecule has 5 N–H and O–H groups in total. The molecular weight excluding hydrogens is 558 g/mol. The number of allylic oxidation sites excluding steroid dienone is 4. The van der Waals surface area contributed by atoms with E-state index in [9.17, 15) is 24.9 Å². The van der Waals surface area contributed by atoms with Crippen LogP contribution in [0.4, 0.5) is 5.69 Å². The van der Waals surface area contributed by atoms with Crippen molar-refractivity contribution in [1.82, 2.24) is 0 Å². The molecule has 9 atom stereocenters. The second-order valence-electron chi connectivity index (χ2n) is 13.9. The van der Waals surface area contributed by atoms with Crippen LogP contribution in [-0.4, -0.2) is 51.3 Å². The normalized spacial score (nSPS) is 38.8. The lowest BCUT2D eigenvalue weighted by molar-refractivity contribution is -0.201. The van der Waals surface area contributed by atoms with E-state index in [1.807, 2.05) is 55.5 Å². The standard InChI is InChI=1S/C36H41NO7/c1-34-13-12-25(40)15-24(34)10-11-26-27-16-30-36(29(42)19-39,35(27,2)17-28(41)31(26)34)44-33(43-30)21-8-6-20(7-9-21)14-22-4-3-5-23(18-38)32(22)37/h3-9,12-13,15,26-28,30-31,33,38-39,41H,10-11,14,16-19,37H2,1-2H3/t26-,27-,28-,30+,31+,33+,34-,35-,36+/m0/s1. The lowest BCUT2D eigenvalue weighted by Gasteiger charge is -2.59. The summed E-state index contributed by atoms with van der Waals surface area (Å²) >= 11 is 0. The molecule has 0 aromatic heterocycles. The van der Waals surface area contributed by atoms with Gasteiger partial charge in [0.15, 0.2) is 23.5 Å². The first-order chi connectivity index (χ1) is 21.1. The first-order valence-electron chi connectivity index (χ1n) is 15.7. The highest BCUT2D eigenvalue weighted by atomic mass is 16.7. The minimum Gasteiger partial charge on any atom is -0.398 e. The zero-order valence-electron chi connectivity index (χ0n) is 25.2. The highest BCUT2D eigenvalue weighted by molar-refractivity contribution is 6.01. The number of carbonyl (C=O) groups is 2. The van der Waals surface area contributed by atoms with Crippen LogP contribution in [0.25, 0.3) is 0 Å². The fourth-order valence-corrected chi connectivity index (χ4v) is 9.81. The van der Waals surface area contributed by atoms with Gasteiger partial charge in [-0.05, 0) is 67.2 Å². The molecule has 2 aromatic carbocycles. The zero-order chi connectivity index (χ0) is 31.0. The van der Waals surface area contributed by atoms with Gasteiger partial charge in [-0.3, -0.25) is 9.59 Å². The Bertz CT molecular complexity index is 1560. The number of anilines is 1. The molecular formula is C36H41NO7. The summed E-state index contributed by atoms with van der Waals surface area (Å²) in [7, 11) is 0. The van der Waals surface area contributed by atoms with E-state index in [-0.39, 0.29) is 30.1 Å². The van der Waals surface area contributed by atoms with Crippen molar-refractivity contribution < 1.29 is 34.4 Å². The van der Waals surface area contributed by atoms with Crippen LogP contribution in [0.5, 0.6) is 0 Å². The van der Waals surface area contributed by atoms with Crippen molar-refractivity contribution >= 4 is 17.3 Å². The van der Waals surface area contributed by atoms with Crippen LogP contribution >= 0.6 is 0 Å². The smallest absolute Gasteiger partial charge is 0.193 e. The first-order valence-corrected chi connectivity index (χ1v) is 15.7. The quantitative estimate of drug-likeness (QED) is 0.366. The predicted molar refractivity (Wildman–Crippen MR) is 163 cm³/mol. The molecule has 1 saturated heterocycles. The number of ether oxygens (including phenoxy) is 2. The molecule has 1 heterocycles. The number of benzene rings is 2. The number of nitrogen functional groups attached to an aromatic ring is 1. The topological polar surface area (TPSA) is 139 Å². The number of aliphatic hydroxyl groups is 3. The van der Waals surface area contributed by atoms with Gasteiger partial charge >= 0.3 is 0 Å². The maximum atomic E-state index is 13.8. The van der Waals surface area contributed by atoms with Crippen LogP contribution in [0.15, 0.2) is 66.3 Å². The van der Waals surface area contributed by atoms with Gasteiger partial charge in [0.25, 0.3) is 0 Å². The van der Waals surface area contributed by atoms with Crippen LogP contribution in [0.3, 0.4) is 0 Å². The molecule has 1 aliphatic heterocycles. The lowest BCUT2D eigenvalue weighted by atomic mass is 9.46. The van der Waals surface area contributed by atoms with Crippen LogP contribution in [0.2, 0.25) is 0 Å². The number of rotatable bonds is 6. The van der Waals surface area contributed by atoms with Crippen molar-refractivity contribution in [3.05, 3.63) is 88.5 Å². The van der Waals surface area contributed by atoms with E-state index in [0.29, 0.717) is 30.5 Å². The van der Waals surface area contributed by atoms with Crippen LogP contribution in [-0.2, 0) is 32.1 Å². The number of para-hydroxylation sites is 1. The Labute approximate surface area is 257 Å². The van der Waals surface area contributed by atoms with Crippen molar-refractivity contribution in [1.29, 1.82) is 0 Å². The Morgan fingerprint density at radius 3 is 2.57 bits per heavy atom. The van der Waals surface area contributed by atoms with Gasteiger partial charge in [0, 0.05) is 33.6 Å². The largest absolute Gasteiger partial charge is 0.398 e. The SMILES string of the molecule is C[C@]12C=CC(=O)C=C1CC[C@@H]1[C@@H]2[C@@H](O)C[C@@]2(C)[C@H]1C[C@H]1O[C@@H](c3ccc(Cc4cccc(CO)c4N)cc3)O[C@]12C(=O)CO. The second kappa shape index (κ2) is 10.5. The van der Waals surface area contributed by atoms with Gasteiger partial charge in [0.05, 0.1) is 18.8 Å². The number of ketones is 2. The van der Waals surface area contributed by atoms with Crippen molar-refractivity contribution in [2.45, 2.75) is 76.7 Å². The van der Waals surface area contributed by atoms with E-state index in [4.69, 9.17) is 15.2 Å². The average molecular weight is 600 g/mol. The molecule has 0 bridgehead atoms. The Morgan fingerprint density at radius 2 is 1.84 bits per heavy atom. The van der Waals surface area contributed by atoms with Gasteiger partial charge < -0.3 is 30.5 Å². The van der Waals surface area contributed by atoms with E-state index in [1.165, 1.54) is 0 Å². The Morgan fingerprint density at radius 1 is 1.09 bits per heavy atom. The highest BCUT2D eigenvalue weighted by Crippen LogP contribution is 2.70. The van der Waals surface area contributed by atoms with Crippen molar-refractivity contribution in [3.63, 3.8) is 0 Å². The molecule has 0 spiro atoms. The number of fused-ring (bicyclic) bond motifs is 7. The minimum atomic E-state index is -1.38. The summed E-state index contributed by atoms with van der Waals surface area (Å²) in [6, 6.07) is 13.5. The molecule has 5 aliphatic rings. The van der Waals surface area contributed by atoms with Crippen molar-refractivity contribution in [2.24, 2.45) is 28.6 Å². The average Bonchev–Trinajstić information content (AvgIpc) is 3.51. The maximum Gasteiger partial charge on any atom is 0.193 e. The van der Waals surface area contributed by atoms with Gasteiger partial charge in [0.1, 0.15) is 6.61 Å². The van der Waals surface area contributed by atoms with Crippen molar-refractivity contribution in [3.8, 4) is 0 Å². The number of Topliss-reactive ketones (excluding diaryl/α,β-unsaturated/α-hetero) is 1. The van der Waals surface area contributed by atoms with Gasteiger partial charge in [0.2, 0.25) is 0 Å². The molecule has 4 aliphatic carbocycles. The monoisotopic (exact) mass is 599 g/mol. The number of hydrogen-bond acceptors (Lipinski definition) is 8. The van der Waals surface area contributed by atoms with Gasteiger partial charge in [-0.15, -0.1) is 0 Å². The molecule has 2 aromatic rings. The van der Waals surface area contributed by atoms with Crippen LogP contribution in [0.1, 0.15) is 68.1 Å². The summed E-state index contributed by atoms with van der Waals surface area (Å²) < 4.78 is 13.3. The first kappa shape index (κ1) is 29.6. The molecule has 44 heavy (non-hydrogen) atoms. The Kier molecular flexibility index (Phi) is 7.03. The summed E-state index contributed by atoms with van der Waals surface area (Å²) in [4.78, 5) is 25.9. The van der Waals surface area contributed by atoms with E-state index < -0.39 is 47.3 Å². The molecule has 4 fully saturated rings. The highest BCUT2D eigenvalue weighted by Gasteiger charge is 2.75. The number of carbonyl (C=O) groups excluding carboxylic acids is 2. The molecule has 3 saturated carbocycles. The second-order valence-corrected chi connectivity index (χ2v) is 13.9. The molecule has 0 amide bonds. The van der Waals surface area contributed by atoms with E-state index in [2.05, 4.69) is 6.92 Å². The van der Waals surface area contributed by atoms with Gasteiger partial charge in [-0.2, -0.15) is 0 Å². The third kappa shape index (κ3) is 4.08. The molecule has 8 heteroatoms. The summed E-state index contributed by atoms with van der Waals surface area (Å²) in [5.41, 5.74) is 8.82. The molecule has 232 valence electrons. The summed E-state index contributed by atoms with van der Waals surface area (Å²) in [6.45, 7) is 3.39. The molecule has 7 rings (SSSR count). The maximum absolute atomic E-state index is 13.8. The van der Waals surface area contributed by atoms with E-state index >= 15 is 0 Å². The minimum absolute atomic E-state index is 0.00476. The number of hydrogen-bond donors (Lipinski definition) is 4. The van der Waals surface area contributed by atoms with Gasteiger partial charge in [-0.1, -0.05) is 68.0 Å². The predicted octanol–water partition coefficient (Wildman–Crippen LogP) is 3.95. The number of aliphatic hydroxyl groups excluding tert-OH is 3. The molecule has 8 nitrogen and oxygen atoms in total.